The molecule has 146 valence electrons. The smallest absolute Gasteiger partial charge is 0.134 e. The van der Waals surface area contributed by atoms with E-state index in [1.165, 1.54) is 12.1 Å². The van der Waals surface area contributed by atoms with Crippen molar-refractivity contribution in [3.8, 4) is 10.6 Å². The van der Waals surface area contributed by atoms with Crippen LogP contribution in [0.15, 0.2) is 42.0 Å². The minimum absolute atomic E-state index is 0.228. The molecule has 1 unspecified atom stereocenters. The van der Waals surface area contributed by atoms with E-state index in [0.29, 0.717) is 12.6 Å². The molecule has 4 rings (SSSR count). The predicted octanol–water partition coefficient (Wildman–Crippen LogP) is 3.54. The molecule has 3 heterocycles. The highest BCUT2D eigenvalue weighted by molar-refractivity contribution is 7.13. The molecule has 1 aromatic carbocycles. The van der Waals surface area contributed by atoms with Crippen LogP contribution in [0, 0.1) is 5.82 Å². The number of rotatable bonds is 7. The summed E-state index contributed by atoms with van der Waals surface area (Å²) in [5, 5.41) is 9.57. The molecule has 8 heteroatoms. The monoisotopic (exact) mass is 398 g/mol. The van der Waals surface area contributed by atoms with Gasteiger partial charge in [-0.1, -0.05) is 0 Å². The minimum atomic E-state index is -0.228. The van der Waals surface area contributed by atoms with E-state index in [1.54, 1.807) is 29.8 Å². The summed E-state index contributed by atoms with van der Waals surface area (Å²) in [5.41, 5.74) is 1.96. The number of thiazole rings is 1. The van der Waals surface area contributed by atoms with Gasteiger partial charge in [0.05, 0.1) is 5.69 Å². The molecule has 6 nitrogen and oxygen atoms in total. The van der Waals surface area contributed by atoms with Crippen molar-refractivity contribution in [2.75, 3.05) is 30.4 Å². The second-order valence-electron chi connectivity index (χ2n) is 6.78. The maximum atomic E-state index is 13.1. The quantitative estimate of drug-likeness (QED) is 0.635. The Kier molecular flexibility index (Phi) is 5.78. The Morgan fingerprint density at radius 3 is 2.93 bits per heavy atom. The Balaban J connectivity index is 1.34. The fraction of sp³-hybridized carbons (Fsp3) is 0.350. The molecule has 3 aromatic rings. The van der Waals surface area contributed by atoms with Crippen LogP contribution in [0.3, 0.4) is 0 Å². The molecule has 1 atom stereocenters. The number of benzene rings is 1. The van der Waals surface area contributed by atoms with Crippen LogP contribution < -0.4 is 15.5 Å². The molecule has 2 aromatic heterocycles. The summed E-state index contributed by atoms with van der Waals surface area (Å²) in [6, 6.07) is 8.88. The number of anilines is 2. The molecule has 0 radical (unpaired) electrons. The Bertz CT molecular complexity index is 913. The molecule has 28 heavy (non-hydrogen) atoms. The lowest BCUT2D eigenvalue weighted by atomic mass is 10.2. The molecule has 1 aliphatic heterocycles. The lowest BCUT2D eigenvalue weighted by Crippen LogP contribution is -2.38. The van der Waals surface area contributed by atoms with Crippen molar-refractivity contribution in [3.05, 3.63) is 53.6 Å². The Hall–Kier alpha value is -2.58. The van der Waals surface area contributed by atoms with Crippen LogP contribution in [0.25, 0.3) is 10.6 Å². The lowest BCUT2D eigenvalue weighted by molar-refractivity contribution is 0.567. The van der Waals surface area contributed by atoms with E-state index in [-0.39, 0.29) is 5.82 Å². The van der Waals surface area contributed by atoms with Crippen molar-refractivity contribution in [1.82, 2.24) is 20.3 Å². The summed E-state index contributed by atoms with van der Waals surface area (Å²) >= 11 is 1.58. The van der Waals surface area contributed by atoms with Crippen LogP contribution >= 0.6 is 11.3 Å². The zero-order valence-corrected chi connectivity index (χ0v) is 16.5. The van der Waals surface area contributed by atoms with Gasteiger partial charge in [0, 0.05) is 49.7 Å². The predicted molar refractivity (Wildman–Crippen MR) is 111 cm³/mol. The zero-order chi connectivity index (χ0) is 19.3. The molecule has 0 bridgehead atoms. The lowest BCUT2D eigenvalue weighted by Gasteiger charge is -2.26. The van der Waals surface area contributed by atoms with E-state index in [9.17, 15) is 4.39 Å². The summed E-state index contributed by atoms with van der Waals surface area (Å²) < 4.78 is 13.1. The minimum Gasteiger partial charge on any atom is -0.373 e. The first-order chi connectivity index (χ1) is 13.7. The van der Waals surface area contributed by atoms with Crippen LogP contribution in [-0.4, -0.2) is 41.1 Å². The molecule has 1 aliphatic rings. The van der Waals surface area contributed by atoms with Gasteiger partial charge in [-0.05, 0) is 37.1 Å². The fourth-order valence-electron chi connectivity index (χ4n) is 3.47. The molecule has 0 saturated carbocycles. The van der Waals surface area contributed by atoms with E-state index >= 15 is 0 Å². The van der Waals surface area contributed by atoms with Crippen molar-refractivity contribution in [2.24, 2.45) is 0 Å². The summed E-state index contributed by atoms with van der Waals surface area (Å²) in [7, 11) is 1.86. The highest BCUT2D eigenvalue weighted by Gasteiger charge is 2.25. The Morgan fingerprint density at radius 2 is 2.11 bits per heavy atom. The summed E-state index contributed by atoms with van der Waals surface area (Å²) in [6.07, 6.45) is 3.91. The number of nitrogens with one attached hydrogen (secondary N) is 2. The Labute approximate surface area is 167 Å². The van der Waals surface area contributed by atoms with Crippen LogP contribution in [0.2, 0.25) is 0 Å². The van der Waals surface area contributed by atoms with Crippen LogP contribution in [-0.2, 0) is 6.54 Å². The maximum Gasteiger partial charge on any atom is 0.134 e. The van der Waals surface area contributed by atoms with E-state index in [0.717, 1.165) is 53.8 Å². The normalized spacial score (nSPS) is 16.5. The van der Waals surface area contributed by atoms with Crippen molar-refractivity contribution < 1.29 is 4.39 Å². The van der Waals surface area contributed by atoms with Gasteiger partial charge in [-0.25, -0.2) is 19.3 Å². The number of halogens is 1. The molecular formula is C20H23FN6S. The average molecular weight is 399 g/mol. The van der Waals surface area contributed by atoms with Crippen molar-refractivity contribution in [2.45, 2.75) is 25.4 Å². The second-order valence-corrected chi connectivity index (χ2v) is 7.64. The second kappa shape index (κ2) is 8.62. The summed E-state index contributed by atoms with van der Waals surface area (Å²) in [5.74, 6) is 1.57. The maximum absolute atomic E-state index is 13.1. The van der Waals surface area contributed by atoms with Gasteiger partial charge in [0.15, 0.2) is 0 Å². The first kappa shape index (κ1) is 18.8. The van der Waals surface area contributed by atoms with Gasteiger partial charge in [-0.3, -0.25) is 0 Å². The van der Waals surface area contributed by atoms with Gasteiger partial charge in [0.2, 0.25) is 0 Å². The Morgan fingerprint density at radius 1 is 1.25 bits per heavy atom. The van der Waals surface area contributed by atoms with Crippen LogP contribution in [0.1, 0.15) is 18.5 Å². The number of hydrogen-bond acceptors (Lipinski definition) is 7. The third-order valence-corrected chi connectivity index (χ3v) is 5.85. The van der Waals surface area contributed by atoms with Crippen molar-refractivity contribution >= 4 is 23.0 Å². The van der Waals surface area contributed by atoms with Gasteiger partial charge in [0.1, 0.15) is 28.8 Å². The number of nitrogens with zero attached hydrogens (tertiary/aromatic N) is 4. The summed E-state index contributed by atoms with van der Waals surface area (Å²) in [4.78, 5) is 15.6. The first-order valence-corrected chi connectivity index (χ1v) is 10.3. The van der Waals surface area contributed by atoms with Gasteiger partial charge in [-0.2, -0.15) is 0 Å². The van der Waals surface area contributed by atoms with Gasteiger partial charge in [-0.15, -0.1) is 11.3 Å². The van der Waals surface area contributed by atoms with Gasteiger partial charge >= 0.3 is 0 Å². The fourth-order valence-corrected chi connectivity index (χ4v) is 4.30. The van der Waals surface area contributed by atoms with E-state index < -0.39 is 0 Å². The average Bonchev–Trinajstić information content (AvgIpc) is 3.38. The molecule has 1 fully saturated rings. The van der Waals surface area contributed by atoms with Gasteiger partial charge in [0.25, 0.3) is 0 Å². The zero-order valence-electron chi connectivity index (χ0n) is 15.7. The molecule has 0 aliphatic carbocycles. The van der Waals surface area contributed by atoms with Crippen LogP contribution in [0.4, 0.5) is 16.0 Å². The van der Waals surface area contributed by atoms with Crippen molar-refractivity contribution in [1.29, 1.82) is 0 Å². The highest BCUT2D eigenvalue weighted by atomic mass is 32.1. The van der Waals surface area contributed by atoms with Gasteiger partial charge < -0.3 is 15.5 Å². The first-order valence-electron chi connectivity index (χ1n) is 9.40. The van der Waals surface area contributed by atoms with E-state index in [2.05, 4.69) is 35.9 Å². The topological polar surface area (TPSA) is 66.0 Å². The third-order valence-electron chi connectivity index (χ3n) is 4.91. The third kappa shape index (κ3) is 4.28. The molecular weight excluding hydrogens is 375 g/mol. The molecule has 0 amide bonds. The van der Waals surface area contributed by atoms with Crippen LogP contribution in [0.5, 0.6) is 0 Å². The summed E-state index contributed by atoms with van der Waals surface area (Å²) in [6.45, 7) is 2.60. The standard InChI is InChI=1S/C20H23FN6S/c1-22-18-9-19(25-13-24-18)27-8-2-3-17(27)11-23-10-16-12-28-20(26-16)14-4-6-15(21)7-5-14/h4-7,9,12-13,17,23H,2-3,8,10-11H2,1H3,(H,22,24,25). The number of aromatic nitrogens is 3. The van der Waals surface area contributed by atoms with E-state index in [1.807, 2.05) is 13.1 Å². The highest BCUT2D eigenvalue weighted by Crippen LogP contribution is 2.25. The molecule has 2 N–H and O–H groups in total. The largest absolute Gasteiger partial charge is 0.373 e. The molecule has 0 spiro atoms. The van der Waals surface area contributed by atoms with Crippen molar-refractivity contribution in [3.63, 3.8) is 0 Å². The van der Waals surface area contributed by atoms with E-state index in [4.69, 9.17) is 0 Å². The number of hydrogen-bond donors (Lipinski definition) is 2. The molecule has 1 saturated heterocycles. The SMILES string of the molecule is CNc1cc(N2CCCC2CNCc2csc(-c3ccc(F)cc3)n2)ncn1.